The Hall–Kier alpha value is -2.80. The molecule has 1 aliphatic rings. The van der Waals surface area contributed by atoms with E-state index in [-0.39, 0.29) is 12.0 Å². The fourth-order valence-corrected chi connectivity index (χ4v) is 3.39. The second kappa shape index (κ2) is 8.93. The van der Waals surface area contributed by atoms with Crippen molar-refractivity contribution in [3.8, 4) is 11.5 Å². The summed E-state index contributed by atoms with van der Waals surface area (Å²) in [4.78, 5) is 12.4. The number of rotatable bonds is 7. The van der Waals surface area contributed by atoms with Gasteiger partial charge in [-0.2, -0.15) is 5.10 Å². The topological polar surface area (TPSA) is 74.1 Å². The van der Waals surface area contributed by atoms with Gasteiger partial charge < -0.3 is 18.8 Å². The van der Waals surface area contributed by atoms with Gasteiger partial charge in [-0.15, -0.1) is 0 Å². The minimum atomic E-state index is -0.332. The van der Waals surface area contributed by atoms with Crippen LogP contribution in [0, 0.1) is 13.8 Å². The van der Waals surface area contributed by atoms with Crippen molar-refractivity contribution in [1.82, 2.24) is 9.99 Å². The lowest BCUT2D eigenvalue weighted by atomic mass is 10.2. The van der Waals surface area contributed by atoms with Crippen LogP contribution < -0.4 is 14.9 Å². The molecule has 0 aliphatic carbocycles. The summed E-state index contributed by atoms with van der Waals surface area (Å²) in [5.74, 6) is 0.763. The van der Waals surface area contributed by atoms with E-state index in [9.17, 15) is 4.79 Å². The number of hydrazone groups is 1. The first-order valence-electron chi connectivity index (χ1n) is 9.36. The number of nitrogens with zero attached hydrogens (tertiary/aromatic N) is 2. The SMILES string of the molecule is COc1cc(OC)cc(C(=O)N/N=C\c2cc(C)n(C[C@@H]3CCCO3)c2C)c1. The zero-order valence-corrected chi connectivity index (χ0v) is 16.8. The van der Waals surface area contributed by atoms with Crippen LogP contribution in [0.15, 0.2) is 29.4 Å². The lowest BCUT2D eigenvalue weighted by Crippen LogP contribution is -2.18. The van der Waals surface area contributed by atoms with Crippen LogP contribution in [0.2, 0.25) is 0 Å². The van der Waals surface area contributed by atoms with E-state index >= 15 is 0 Å². The van der Waals surface area contributed by atoms with Gasteiger partial charge in [0.15, 0.2) is 0 Å². The number of carbonyl (C=O) groups excluding carboxylic acids is 1. The van der Waals surface area contributed by atoms with Crippen molar-refractivity contribution in [2.75, 3.05) is 20.8 Å². The lowest BCUT2D eigenvalue weighted by molar-refractivity contribution is 0.0953. The molecule has 7 heteroatoms. The maximum atomic E-state index is 12.4. The van der Waals surface area contributed by atoms with Crippen molar-refractivity contribution < 1.29 is 19.0 Å². The van der Waals surface area contributed by atoms with Crippen LogP contribution in [-0.2, 0) is 11.3 Å². The molecule has 2 heterocycles. The average molecular weight is 385 g/mol. The Morgan fingerprint density at radius 1 is 1.25 bits per heavy atom. The number of ether oxygens (including phenoxy) is 3. The number of aromatic nitrogens is 1. The second-order valence-corrected chi connectivity index (χ2v) is 6.87. The Bertz CT molecular complexity index is 845. The molecule has 0 spiro atoms. The molecule has 1 atom stereocenters. The van der Waals surface area contributed by atoms with Crippen molar-refractivity contribution >= 4 is 12.1 Å². The van der Waals surface area contributed by atoms with Gasteiger partial charge in [0, 0.05) is 41.7 Å². The smallest absolute Gasteiger partial charge is 0.271 e. The first kappa shape index (κ1) is 19.9. The summed E-state index contributed by atoms with van der Waals surface area (Å²) < 4.78 is 18.4. The summed E-state index contributed by atoms with van der Waals surface area (Å²) in [6, 6.07) is 7.05. The van der Waals surface area contributed by atoms with Gasteiger partial charge in [-0.1, -0.05) is 0 Å². The molecule has 1 saturated heterocycles. The van der Waals surface area contributed by atoms with Gasteiger partial charge in [-0.25, -0.2) is 5.43 Å². The van der Waals surface area contributed by atoms with Crippen molar-refractivity contribution in [3.05, 3.63) is 46.8 Å². The number of methoxy groups -OCH3 is 2. The predicted molar refractivity (Wildman–Crippen MR) is 107 cm³/mol. The van der Waals surface area contributed by atoms with Gasteiger partial charge >= 0.3 is 0 Å². The van der Waals surface area contributed by atoms with E-state index in [0.29, 0.717) is 17.1 Å². The highest BCUT2D eigenvalue weighted by Crippen LogP contribution is 2.22. The molecule has 1 aromatic heterocycles. The third-order valence-corrected chi connectivity index (χ3v) is 5.01. The number of hydrogen-bond acceptors (Lipinski definition) is 5. The van der Waals surface area contributed by atoms with Gasteiger partial charge in [0.05, 0.1) is 26.5 Å². The highest BCUT2D eigenvalue weighted by Gasteiger charge is 2.18. The summed E-state index contributed by atoms with van der Waals surface area (Å²) in [5, 5.41) is 4.13. The van der Waals surface area contributed by atoms with Crippen LogP contribution in [0.1, 0.15) is 40.2 Å². The van der Waals surface area contributed by atoms with E-state index in [2.05, 4.69) is 35.0 Å². The quantitative estimate of drug-likeness (QED) is 0.587. The highest BCUT2D eigenvalue weighted by atomic mass is 16.5. The maximum Gasteiger partial charge on any atom is 0.271 e. The molecule has 1 aliphatic heterocycles. The molecular formula is C21H27N3O4. The van der Waals surface area contributed by atoms with Gasteiger partial charge in [-0.05, 0) is 44.9 Å². The van der Waals surface area contributed by atoms with E-state index in [1.165, 1.54) is 0 Å². The summed E-state index contributed by atoms with van der Waals surface area (Å²) in [6.45, 7) is 5.82. The molecule has 2 aromatic rings. The number of amides is 1. The molecule has 1 aromatic carbocycles. The Morgan fingerprint density at radius 2 is 1.96 bits per heavy atom. The largest absolute Gasteiger partial charge is 0.497 e. The van der Waals surface area contributed by atoms with E-state index in [0.717, 1.165) is 42.9 Å². The van der Waals surface area contributed by atoms with E-state index < -0.39 is 0 Å². The minimum absolute atomic E-state index is 0.275. The van der Waals surface area contributed by atoms with Crippen LogP contribution >= 0.6 is 0 Å². The predicted octanol–water partition coefficient (Wildman–Crippen LogP) is 3.07. The number of hydrogen-bond donors (Lipinski definition) is 1. The van der Waals surface area contributed by atoms with Crippen LogP contribution in [0.4, 0.5) is 0 Å². The normalized spacial score (nSPS) is 16.5. The Morgan fingerprint density at radius 3 is 2.57 bits per heavy atom. The maximum absolute atomic E-state index is 12.4. The van der Waals surface area contributed by atoms with Crippen LogP contribution in [0.25, 0.3) is 0 Å². The van der Waals surface area contributed by atoms with E-state index in [1.54, 1.807) is 38.6 Å². The van der Waals surface area contributed by atoms with Crippen molar-refractivity contribution in [3.63, 3.8) is 0 Å². The number of nitrogens with one attached hydrogen (secondary N) is 1. The van der Waals surface area contributed by atoms with Crippen LogP contribution in [0.3, 0.4) is 0 Å². The third-order valence-electron chi connectivity index (χ3n) is 5.01. The molecule has 1 amide bonds. The summed E-state index contributed by atoms with van der Waals surface area (Å²) in [6.07, 6.45) is 4.17. The number of benzene rings is 1. The lowest BCUT2D eigenvalue weighted by Gasteiger charge is -2.14. The molecule has 0 radical (unpaired) electrons. The van der Waals surface area contributed by atoms with Crippen LogP contribution in [-0.4, -0.2) is 43.6 Å². The minimum Gasteiger partial charge on any atom is -0.497 e. The Balaban J connectivity index is 1.68. The van der Waals surface area contributed by atoms with Crippen LogP contribution in [0.5, 0.6) is 11.5 Å². The third kappa shape index (κ3) is 4.54. The standard InChI is InChI=1S/C21H27N3O4/c1-14-8-17(15(2)24(14)13-18-6-5-7-28-18)12-22-23-21(25)16-9-19(26-3)11-20(10-16)27-4/h8-12,18H,5-7,13H2,1-4H3,(H,23,25)/b22-12-/t18-/m0/s1. The monoisotopic (exact) mass is 385 g/mol. The molecule has 7 nitrogen and oxygen atoms in total. The molecule has 28 heavy (non-hydrogen) atoms. The van der Waals surface area contributed by atoms with Gasteiger partial charge in [0.1, 0.15) is 11.5 Å². The Labute approximate surface area is 165 Å². The Kier molecular flexibility index (Phi) is 6.36. The molecule has 0 unspecified atom stereocenters. The van der Waals surface area contributed by atoms with Gasteiger partial charge in [0.25, 0.3) is 5.91 Å². The number of carbonyl (C=O) groups is 1. The molecule has 0 bridgehead atoms. The molecular weight excluding hydrogens is 358 g/mol. The van der Waals surface area contributed by atoms with E-state index in [4.69, 9.17) is 14.2 Å². The van der Waals surface area contributed by atoms with Gasteiger partial charge in [-0.3, -0.25) is 4.79 Å². The second-order valence-electron chi connectivity index (χ2n) is 6.87. The zero-order valence-electron chi connectivity index (χ0n) is 16.8. The zero-order chi connectivity index (χ0) is 20.1. The molecule has 0 saturated carbocycles. The van der Waals surface area contributed by atoms with Gasteiger partial charge in [0.2, 0.25) is 0 Å². The fourth-order valence-electron chi connectivity index (χ4n) is 3.39. The number of aryl methyl sites for hydroxylation is 1. The molecule has 1 N–H and O–H groups in total. The molecule has 3 rings (SSSR count). The van der Waals surface area contributed by atoms with Crippen molar-refractivity contribution in [1.29, 1.82) is 0 Å². The summed E-state index contributed by atoms with van der Waals surface area (Å²) in [7, 11) is 3.09. The first-order valence-corrected chi connectivity index (χ1v) is 9.36. The van der Waals surface area contributed by atoms with Crippen molar-refractivity contribution in [2.45, 2.75) is 39.3 Å². The van der Waals surface area contributed by atoms with E-state index in [1.807, 2.05) is 0 Å². The fraction of sp³-hybridized carbons (Fsp3) is 0.429. The molecule has 1 fully saturated rings. The molecule has 150 valence electrons. The van der Waals surface area contributed by atoms with Crippen molar-refractivity contribution in [2.24, 2.45) is 5.10 Å². The average Bonchev–Trinajstić information content (AvgIpc) is 3.31. The highest BCUT2D eigenvalue weighted by molar-refractivity contribution is 5.95. The first-order chi connectivity index (χ1) is 13.5. The summed E-state index contributed by atoms with van der Waals surface area (Å²) >= 11 is 0. The summed E-state index contributed by atoms with van der Waals surface area (Å²) in [5.41, 5.74) is 6.21.